The van der Waals surface area contributed by atoms with Crippen molar-refractivity contribution in [3.8, 4) is 0 Å². The summed E-state index contributed by atoms with van der Waals surface area (Å²) in [5.74, 6) is 0.706. The third kappa shape index (κ3) is 1.75. The Labute approximate surface area is 92.5 Å². The summed E-state index contributed by atoms with van der Waals surface area (Å²) < 4.78 is 0. The molecule has 3 nitrogen and oxygen atoms in total. The second-order valence-electron chi connectivity index (χ2n) is 3.77. The fourth-order valence-electron chi connectivity index (χ4n) is 1.49. The molecular weight excluding hydrogens is 210 g/mol. The third-order valence-corrected chi connectivity index (χ3v) is 2.71. The fourth-order valence-corrected chi connectivity index (χ4v) is 1.68. The number of hydrogen-bond acceptors (Lipinski definition) is 3. The van der Waals surface area contributed by atoms with Gasteiger partial charge in [0, 0.05) is 6.04 Å². The van der Waals surface area contributed by atoms with Crippen LogP contribution in [0.1, 0.15) is 12.8 Å². The Morgan fingerprint density at radius 2 is 1.80 bits per heavy atom. The zero-order valence-corrected chi connectivity index (χ0v) is 8.83. The molecule has 0 amide bonds. The Morgan fingerprint density at radius 1 is 1.13 bits per heavy atom. The van der Waals surface area contributed by atoms with E-state index in [1.807, 2.05) is 24.3 Å². The Morgan fingerprint density at radius 3 is 2.47 bits per heavy atom. The van der Waals surface area contributed by atoms with Crippen LogP contribution in [0.15, 0.2) is 24.3 Å². The van der Waals surface area contributed by atoms with Crippen LogP contribution in [-0.2, 0) is 0 Å². The summed E-state index contributed by atoms with van der Waals surface area (Å²) in [7, 11) is 0. The van der Waals surface area contributed by atoms with E-state index in [0.717, 1.165) is 11.0 Å². The summed E-state index contributed by atoms with van der Waals surface area (Å²) in [5, 5.41) is 3.73. The van der Waals surface area contributed by atoms with E-state index in [-0.39, 0.29) is 0 Å². The molecule has 1 aliphatic carbocycles. The number of fused-ring (bicyclic) bond motifs is 1. The van der Waals surface area contributed by atoms with Gasteiger partial charge < -0.3 is 5.32 Å². The van der Waals surface area contributed by atoms with E-state index in [1.54, 1.807) is 0 Å². The first-order valence-corrected chi connectivity index (χ1v) is 5.39. The monoisotopic (exact) mass is 219 g/mol. The maximum Gasteiger partial charge on any atom is 0.172 e. The largest absolute Gasteiger partial charge is 0.365 e. The first-order chi connectivity index (χ1) is 7.33. The second-order valence-corrected chi connectivity index (χ2v) is 4.13. The van der Waals surface area contributed by atoms with Crippen molar-refractivity contribution < 1.29 is 0 Å². The van der Waals surface area contributed by atoms with Crippen LogP contribution in [0.5, 0.6) is 0 Å². The molecule has 3 rings (SSSR count). The highest BCUT2D eigenvalue weighted by Crippen LogP contribution is 2.28. The van der Waals surface area contributed by atoms with Gasteiger partial charge in [0.1, 0.15) is 0 Å². The number of anilines is 1. The summed E-state index contributed by atoms with van der Waals surface area (Å²) in [6.45, 7) is 0. The van der Waals surface area contributed by atoms with Gasteiger partial charge in [0.2, 0.25) is 0 Å². The molecule has 0 aliphatic heterocycles. The number of halogens is 1. The lowest BCUT2D eigenvalue weighted by Crippen LogP contribution is -2.04. The van der Waals surface area contributed by atoms with Crippen LogP contribution in [0, 0.1) is 0 Å². The van der Waals surface area contributed by atoms with Gasteiger partial charge in [-0.05, 0) is 25.0 Å². The lowest BCUT2D eigenvalue weighted by atomic mass is 10.3. The number of aromatic nitrogens is 2. The van der Waals surface area contributed by atoms with Crippen molar-refractivity contribution in [2.45, 2.75) is 18.9 Å². The second kappa shape index (κ2) is 3.35. The predicted octanol–water partition coefficient (Wildman–Crippen LogP) is 2.86. The lowest BCUT2D eigenvalue weighted by molar-refractivity contribution is 1.11. The summed E-state index contributed by atoms with van der Waals surface area (Å²) in [5.41, 5.74) is 1.72. The molecule has 1 fully saturated rings. The maximum atomic E-state index is 6.04. The molecule has 76 valence electrons. The van der Waals surface area contributed by atoms with E-state index in [1.165, 1.54) is 12.8 Å². The van der Waals surface area contributed by atoms with Gasteiger partial charge in [0.05, 0.1) is 11.0 Å². The summed E-state index contributed by atoms with van der Waals surface area (Å²) >= 11 is 6.04. The molecule has 4 heteroatoms. The summed E-state index contributed by atoms with van der Waals surface area (Å²) in [4.78, 5) is 8.75. The molecule has 0 bridgehead atoms. The highest BCUT2D eigenvalue weighted by molar-refractivity contribution is 6.32. The van der Waals surface area contributed by atoms with Gasteiger partial charge in [-0.2, -0.15) is 0 Å². The molecule has 0 unspecified atom stereocenters. The van der Waals surface area contributed by atoms with Gasteiger partial charge in [-0.25, -0.2) is 9.97 Å². The molecule has 0 radical (unpaired) electrons. The standard InChI is InChI=1S/C11H10ClN3/c12-10-11(13-7-5-6-7)15-9-4-2-1-3-8(9)14-10/h1-4,7H,5-6H2,(H,13,15). The van der Waals surface area contributed by atoms with E-state index in [2.05, 4.69) is 15.3 Å². The van der Waals surface area contributed by atoms with Crippen molar-refractivity contribution in [1.29, 1.82) is 0 Å². The van der Waals surface area contributed by atoms with Crippen LogP contribution in [-0.4, -0.2) is 16.0 Å². The van der Waals surface area contributed by atoms with Gasteiger partial charge in [-0.3, -0.25) is 0 Å². The zero-order valence-electron chi connectivity index (χ0n) is 8.07. The van der Waals surface area contributed by atoms with Crippen molar-refractivity contribution in [1.82, 2.24) is 9.97 Å². The number of nitrogens with one attached hydrogen (secondary N) is 1. The number of benzene rings is 1. The molecule has 2 aromatic rings. The molecule has 0 saturated heterocycles. The first-order valence-electron chi connectivity index (χ1n) is 5.02. The number of nitrogens with zero attached hydrogens (tertiary/aromatic N) is 2. The maximum absolute atomic E-state index is 6.04. The Bertz CT molecular complexity index is 508. The van der Waals surface area contributed by atoms with Crippen LogP contribution < -0.4 is 5.32 Å². The molecule has 1 aromatic heterocycles. The smallest absolute Gasteiger partial charge is 0.172 e. The molecule has 1 saturated carbocycles. The number of para-hydroxylation sites is 2. The SMILES string of the molecule is Clc1nc2ccccc2nc1NC1CC1. The normalized spacial score (nSPS) is 15.5. The van der Waals surface area contributed by atoms with E-state index < -0.39 is 0 Å². The van der Waals surface area contributed by atoms with Crippen LogP contribution in [0.4, 0.5) is 5.82 Å². The predicted molar refractivity (Wildman–Crippen MR) is 61.2 cm³/mol. The van der Waals surface area contributed by atoms with Gasteiger partial charge in [-0.1, -0.05) is 23.7 Å². The molecule has 1 heterocycles. The average Bonchev–Trinajstić information content (AvgIpc) is 3.03. The highest BCUT2D eigenvalue weighted by Gasteiger charge is 2.22. The minimum atomic E-state index is 0.459. The number of hydrogen-bond donors (Lipinski definition) is 1. The van der Waals surface area contributed by atoms with Gasteiger partial charge in [-0.15, -0.1) is 0 Å². The van der Waals surface area contributed by atoms with Crippen LogP contribution in [0.2, 0.25) is 5.15 Å². The molecule has 0 spiro atoms. The third-order valence-electron chi connectivity index (χ3n) is 2.45. The molecule has 1 N–H and O–H groups in total. The van der Waals surface area contributed by atoms with E-state index in [4.69, 9.17) is 11.6 Å². The van der Waals surface area contributed by atoms with Crippen LogP contribution in [0.3, 0.4) is 0 Å². The summed E-state index contributed by atoms with van der Waals surface area (Å²) in [6, 6.07) is 8.27. The Hall–Kier alpha value is -1.35. The Kier molecular flexibility index (Phi) is 1.99. The van der Waals surface area contributed by atoms with Crippen molar-refractivity contribution in [3.63, 3.8) is 0 Å². The minimum absolute atomic E-state index is 0.459. The van der Waals surface area contributed by atoms with Gasteiger partial charge in [0.25, 0.3) is 0 Å². The van der Waals surface area contributed by atoms with Crippen LogP contribution in [0.25, 0.3) is 11.0 Å². The topological polar surface area (TPSA) is 37.8 Å². The van der Waals surface area contributed by atoms with Gasteiger partial charge in [0.15, 0.2) is 11.0 Å². The minimum Gasteiger partial charge on any atom is -0.365 e. The molecule has 0 atom stereocenters. The molecule has 1 aliphatic rings. The van der Waals surface area contributed by atoms with E-state index in [0.29, 0.717) is 17.0 Å². The molecular formula is C11H10ClN3. The van der Waals surface area contributed by atoms with E-state index >= 15 is 0 Å². The Balaban J connectivity index is 2.08. The van der Waals surface area contributed by atoms with Crippen molar-refractivity contribution in [2.75, 3.05) is 5.32 Å². The quantitative estimate of drug-likeness (QED) is 0.844. The van der Waals surface area contributed by atoms with Crippen LogP contribution >= 0.6 is 11.6 Å². The first kappa shape index (κ1) is 8.92. The van der Waals surface area contributed by atoms with E-state index in [9.17, 15) is 0 Å². The average molecular weight is 220 g/mol. The highest BCUT2D eigenvalue weighted by atomic mass is 35.5. The van der Waals surface area contributed by atoms with Gasteiger partial charge >= 0.3 is 0 Å². The number of rotatable bonds is 2. The molecule has 15 heavy (non-hydrogen) atoms. The van der Waals surface area contributed by atoms with Crippen molar-refractivity contribution in [2.24, 2.45) is 0 Å². The fraction of sp³-hybridized carbons (Fsp3) is 0.273. The van der Waals surface area contributed by atoms with Crippen molar-refractivity contribution in [3.05, 3.63) is 29.4 Å². The lowest BCUT2D eigenvalue weighted by Gasteiger charge is -2.06. The summed E-state index contributed by atoms with van der Waals surface area (Å²) in [6.07, 6.45) is 2.40. The molecule has 1 aromatic carbocycles. The van der Waals surface area contributed by atoms with Crippen molar-refractivity contribution >= 4 is 28.5 Å². The zero-order chi connectivity index (χ0) is 10.3.